The van der Waals surface area contributed by atoms with E-state index < -0.39 is 5.91 Å². The zero-order valence-electron chi connectivity index (χ0n) is 13.8. The molecule has 25 heavy (non-hydrogen) atoms. The van der Waals surface area contributed by atoms with Crippen molar-refractivity contribution in [2.24, 2.45) is 5.73 Å². The molecule has 1 aromatic carbocycles. The SMILES string of the molecule is CN1CCc2nc(SCC(N)=O)c(C#N)c(-c3ccc(Cl)cc3)c2C1. The molecule has 0 fully saturated rings. The molecule has 0 saturated carbocycles. The zero-order chi connectivity index (χ0) is 18.0. The smallest absolute Gasteiger partial charge is 0.227 e. The third-order valence-corrected chi connectivity index (χ3v) is 5.35. The van der Waals surface area contributed by atoms with Crippen LogP contribution in [0.25, 0.3) is 11.1 Å². The van der Waals surface area contributed by atoms with Crippen molar-refractivity contribution in [3.8, 4) is 17.2 Å². The van der Waals surface area contributed by atoms with Gasteiger partial charge >= 0.3 is 0 Å². The third kappa shape index (κ3) is 3.79. The molecular formula is C18H17ClN4OS. The first-order valence-electron chi connectivity index (χ1n) is 7.81. The van der Waals surface area contributed by atoms with E-state index in [1.807, 2.05) is 24.3 Å². The molecule has 2 heterocycles. The Bertz CT molecular complexity index is 861. The van der Waals surface area contributed by atoms with E-state index in [1.54, 1.807) is 0 Å². The number of nitrogens with zero attached hydrogens (tertiary/aromatic N) is 3. The number of hydrogen-bond donors (Lipinski definition) is 1. The lowest BCUT2D eigenvalue weighted by atomic mass is 9.92. The molecule has 0 saturated heterocycles. The summed E-state index contributed by atoms with van der Waals surface area (Å²) in [6.45, 7) is 1.64. The molecule has 0 radical (unpaired) electrons. The van der Waals surface area contributed by atoms with Gasteiger partial charge < -0.3 is 10.6 Å². The van der Waals surface area contributed by atoms with E-state index in [9.17, 15) is 10.1 Å². The topological polar surface area (TPSA) is 83.0 Å². The van der Waals surface area contributed by atoms with Gasteiger partial charge in [-0.25, -0.2) is 4.98 Å². The molecule has 3 rings (SSSR count). The summed E-state index contributed by atoms with van der Waals surface area (Å²) in [6.07, 6.45) is 0.808. The standard InChI is InChI=1S/C18H17ClN4OS/c1-23-7-6-15-14(9-23)17(11-2-4-12(19)5-3-11)13(8-20)18(22-15)25-10-16(21)24/h2-5H,6-7,9-10H2,1H3,(H2,21,24). The van der Waals surface area contributed by atoms with Crippen molar-refractivity contribution in [2.45, 2.75) is 18.0 Å². The molecule has 7 heteroatoms. The maximum absolute atomic E-state index is 11.2. The number of hydrogen-bond acceptors (Lipinski definition) is 5. The number of amides is 1. The maximum Gasteiger partial charge on any atom is 0.227 e. The number of nitrogens with two attached hydrogens (primary N) is 1. The first-order chi connectivity index (χ1) is 12.0. The Balaban J connectivity index is 2.21. The van der Waals surface area contributed by atoms with E-state index in [2.05, 4.69) is 23.0 Å². The molecule has 1 aliphatic rings. The molecule has 5 nitrogen and oxygen atoms in total. The van der Waals surface area contributed by atoms with Crippen LogP contribution in [0, 0.1) is 11.3 Å². The second-order valence-electron chi connectivity index (χ2n) is 5.95. The number of rotatable bonds is 4. The summed E-state index contributed by atoms with van der Waals surface area (Å²) >= 11 is 7.23. The van der Waals surface area contributed by atoms with Gasteiger partial charge in [0, 0.05) is 35.8 Å². The summed E-state index contributed by atoms with van der Waals surface area (Å²) in [5, 5.41) is 11.0. The first kappa shape index (κ1) is 17.7. The molecule has 0 aliphatic carbocycles. The normalized spacial score (nSPS) is 14.0. The number of likely N-dealkylation sites (N-methyl/N-ethyl adjacent to an activating group) is 1. The summed E-state index contributed by atoms with van der Waals surface area (Å²) in [6, 6.07) is 9.73. The molecule has 0 atom stereocenters. The monoisotopic (exact) mass is 372 g/mol. The number of carbonyl (C=O) groups excluding carboxylic acids is 1. The lowest BCUT2D eigenvalue weighted by molar-refractivity contribution is -0.115. The van der Waals surface area contributed by atoms with Gasteiger partial charge in [-0.2, -0.15) is 5.26 Å². The number of halogens is 1. The van der Waals surface area contributed by atoms with Crippen LogP contribution < -0.4 is 5.73 Å². The van der Waals surface area contributed by atoms with Crippen LogP contribution in [0.5, 0.6) is 0 Å². The maximum atomic E-state index is 11.2. The van der Waals surface area contributed by atoms with E-state index in [0.29, 0.717) is 15.6 Å². The number of benzene rings is 1. The summed E-state index contributed by atoms with van der Waals surface area (Å²) < 4.78 is 0. The second-order valence-corrected chi connectivity index (χ2v) is 7.35. The number of pyridine rings is 1. The van der Waals surface area contributed by atoms with Gasteiger partial charge in [0.05, 0.1) is 11.3 Å². The Morgan fingerprint density at radius 2 is 2.16 bits per heavy atom. The van der Waals surface area contributed by atoms with Gasteiger partial charge in [-0.15, -0.1) is 0 Å². The molecule has 2 aromatic rings. The number of aromatic nitrogens is 1. The van der Waals surface area contributed by atoms with Crippen molar-refractivity contribution in [1.29, 1.82) is 5.26 Å². The highest BCUT2D eigenvalue weighted by Gasteiger charge is 2.25. The number of fused-ring (bicyclic) bond motifs is 1. The van der Waals surface area contributed by atoms with Crippen LogP contribution in [0.4, 0.5) is 0 Å². The van der Waals surface area contributed by atoms with Crippen LogP contribution in [0.1, 0.15) is 16.8 Å². The van der Waals surface area contributed by atoms with Gasteiger partial charge in [0.1, 0.15) is 11.1 Å². The van der Waals surface area contributed by atoms with Crippen molar-refractivity contribution in [1.82, 2.24) is 9.88 Å². The number of thioether (sulfide) groups is 1. The fourth-order valence-electron chi connectivity index (χ4n) is 2.95. The first-order valence-corrected chi connectivity index (χ1v) is 9.17. The molecule has 2 N–H and O–H groups in total. The van der Waals surface area contributed by atoms with Crippen molar-refractivity contribution in [3.05, 3.63) is 46.1 Å². The lowest BCUT2D eigenvalue weighted by Crippen LogP contribution is -2.28. The quantitative estimate of drug-likeness (QED) is 0.834. The van der Waals surface area contributed by atoms with E-state index in [0.717, 1.165) is 41.9 Å². The number of carbonyl (C=O) groups is 1. The van der Waals surface area contributed by atoms with Crippen LogP contribution in [-0.4, -0.2) is 35.1 Å². The van der Waals surface area contributed by atoms with Crippen LogP contribution in [-0.2, 0) is 17.8 Å². The summed E-state index contributed by atoms with van der Waals surface area (Å²) in [5.41, 5.74) is 9.60. The number of primary amides is 1. The largest absolute Gasteiger partial charge is 0.369 e. The summed E-state index contributed by atoms with van der Waals surface area (Å²) in [4.78, 5) is 18.0. The van der Waals surface area contributed by atoms with Crippen LogP contribution in [0.2, 0.25) is 5.02 Å². The molecule has 1 aliphatic heterocycles. The van der Waals surface area contributed by atoms with E-state index in [-0.39, 0.29) is 5.75 Å². The minimum Gasteiger partial charge on any atom is -0.369 e. The van der Waals surface area contributed by atoms with Crippen LogP contribution >= 0.6 is 23.4 Å². The predicted octanol–water partition coefficient (Wildman–Crippen LogP) is 2.84. The Morgan fingerprint density at radius 1 is 1.44 bits per heavy atom. The number of nitriles is 1. The van der Waals surface area contributed by atoms with E-state index in [1.165, 1.54) is 11.8 Å². The van der Waals surface area contributed by atoms with Crippen molar-refractivity contribution >= 4 is 29.3 Å². The van der Waals surface area contributed by atoms with E-state index >= 15 is 0 Å². The molecule has 0 bridgehead atoms. The van der Waals surface area contributed by atoms with Crippen molar-refractivity contribution in [3.63, 3.8) is 0 Å². The van der Waals surface area contributed by atoms with Crippen LogP contribution in [0.3, 0.4) is 0 Å². The summed E-state index contributed by atoms with van der Waals surface area (Å²) in [7, 11) is 2.05. The minimum absolute atomic E-state index is 0.0976. The molecule has 128 valence electrons. The second kappa shape index (κ2) is 7.44. The predicted molar refractivity (Wildman–Crippen MR) is 99.4 cm³/mol. The highest BCUT2D eigenvalue weighted by atomic mass is 35.5. The van der Waals surface area contributed by atoms with Gasteiger partial charge in [0.15, 0.2) is 0 Å². The van der Waals surface area contributed by atoms with Gasteiger partial charge in [0.2, 0.25) is 5.91 Å². The Hall–Kier alpha value is -2.07. The molecule has 0 spiro atoms. The van der Waals surface area contributed by atoms with E-state index in [4.69, 9.17) is 17.3 Å². The van der Waals surface area contributed by atoms with Gasteiger partial charge in [-0.1, -0.05) is 35.5 Å². The molecular weight excluding hydrogens is 356 g/mol. The van der Waals surface area contributed by atoms with Gasteiger partial charge in [0.25, 0.3) is 0 Å². The average molecular weight is 373 g/mol. The Morgan fingerprint density at radius 3 is 2.80 bits per heavy atom. The average Bonchev–Trinajstić information content (AvgIpc) is 2.59. The van der Waals surface area contributed by atoms with Gasteiger partial charge in [-0.3, -0.25) is 4.79 Å². The summed E-state index contributed by atoms with van der Waals surface area (Å²) in [5.74, 6) is -0.332. The lowest BCUT2D eigenvalue weighted by Gasteiger charge is -2.28. The fourth-order valence-corrected chi connectivity index (χ4v) is 3.83. The Kier molecular flexibility index (Phi) is 5.28. The molecule has 1 amide bonds. The highest BCUT2D eigenvalue weighted by Crippen LogP contribution is 2.37. The highest BCUT2D eigenvalue weighted by molar-refractivity contribution is 8.00. The Labute approximate surface area is 155 Å². The fraction of sp³-hybridized carbons (Fsp3) is 0.278. The molecule has 0 unspecified atom stereocenters. The van der Waals surface area contributed by atoms with Crippen molar-refractivity contribution in [2.75, 3.05) is 19.3 Å². The van der Waals surface area contributed by atoms with Crippen LogP contribution in [0.15, 0.2) is 29.3 Å². The third-order valence-electron chi connectivity index (χ3n) is 4.10. The zero-order valence-corrected chi connectivity index (χ0v) is 15.3. The van der Waals surface area contributed by atoms with Gasteiger partial charge in [-0.05, 0) is 30.3 Å². The van der Waals surface area contributed by atoms with Crippen molar-refractivity contribution < 1.29 is 4.79 Å². The minimum atomic E-state index is -0.429. The molecule has 1 aromatic heterocycles.